The van der Waals surface area contributed by atoms with Crippen LogP contribution in [0, 0.1) is 6.92 Å². The summed E-state index contributed by atoms with van der Waals surface area (Å²) in [5, 5.41) is 1.07. The average Bonchev–Trinajstić information content (AvgIpc) is 3.31. The number of para-hydroxylation sites is 2. The summed E-state index contributed by atoms with van der Waals surface area (Å²) in [4.78, 5) is 9.43. The Bertz CT molecular complexity index is 1290. The molecule has 0 aliphatic rings. The molecule has 1 atom stereocenters. The molecule has 0 aliphatic heterocycles. The van der Waals surface area contributed by atoms with Crippen LogP contribution in [0.1, 0.15) is 29.4 Å². The summed E-state index contributed by atoms with van der Waals surface area (Å²) in [5.41, 5.74) is 4.33. The van der Waals surface area contributed by atoms with Crippen molar-refractivity contribution in [3.63, 3.8) is 0 Å². The molecule has 0 saturated heterocycles. The zero-order valence-electron chi connectivity index (χ0n) is 16.4. The topological polar surface area (TPSA) is 39.9 Å². The van der Waals surface area contributed by atoms with E-state index in [1.54, 1.807) is 11.3 Å². The van der Waals surface area contributed by atoms with Gasteiger partial charge in [-0.2, -0.15) is 0 Å². The molecule has 2 aromatic heterocycles. The third-order valence-corrected chi connectivity index (χ3v) is 6.12. The molecule has 0 saturated carbocycles. The fraction of sp³-hybridized carbons (Fsp3) is 0.167. The van der Waals surface area contributed by atoms with Crippen molar-refractivity contribution >= 4 is 32.6 Å². The van der Waals surface area contributed by atoms with E-state index in [9.17, 15) is 0 Å². The maximum atomic E-state index is 6.15. The van der Waals surface area contributed by atoms with Gasteiger partial charge in [-0.1, -0.05) is 42.5 Å². The molecule has 5 rings (SSSR count). The largest absolute Gasteiger partial charge is 0.486 e. The zero-order valence-corrected chi connectivity index (χ0v) is 17.2. The van der Waals surface area contributed by atoms with Crippen LogP contribution in [-0.2, 0) is 6.61 Å². The molecule has 4 nitrogen and oxygen atoms in total. The van der Waals surface area contributed by atoms with Crippen LogP contribution < -0.4 is 4.74 Å². The quantitative estimate of drug-likeness (QED) is 0.356. The maximum absolute atomic E-state index is 6.15. The van der Waals surface area contributed by atoms with Gasteiger partial charge in [0.1, 0.15) is 18.2 Å². The Hall–Kier alpha value is -3.18. The van der Waals surface area contributed by atoms with E-state index in [1.807, 2.05) is 31.2 Å². The number of ether oxygens (including phenoxy) is 1. The van der Waals surface area contributed by atoms with Crippen LogP contribution in [0.25, 0.3) is 21.3 Å². The van der Waals surface area contributed by atoms with Crippen LogP contribution in [0.4, 0.5) is 0 Å². The fourth-order valence-electron chi connectivity index (χ4n) is 3.77. The molecule has 5 heteroatoms. The van der Waals surface area contributed by atoms with Crippen LogP contribution in [0.2, 0.25) is 0 Å². The number of thiazole rings is 1. The lowest BCUT2D eigenvalue weighted by Gasteiger charge is -2.18. The number of imidazole rings is 1. The number of rotatable bonds is 5. The average molecular weight is 400 g/mol. The molecule has 144 valence electrons. The first-order valence-corrected chi connectivity index (χ1v) is 10.5. The summed E-state index contributed by atoms with van der Waals surface area (Å²) in [6.45, 7) is 4.63. The van der Waals surface area contributed by atoms with E-state index in [0.29, 0.717) is 6.61 Å². The first-order chi connectivity index (χ1) is 14.2. The van der Waals surface area contributed by atoms with Gasteiger partial charge in [0.25, 0.3) is 0 Å². The highest BCUT2D eigenvalue weighted by Gasteiger charge is 2.17. The molecule has 0 bridgehead atoms. The molecule has 0 aliphatic carbocycles. The second-order valence-corrected chi connectivity index (χ2v) is 8.36. The van der Waals surface area contributed by atoms with Crippen molar-refractivity contribution in [3.05, 3.63) is 89.2 Å². The van der Waals surface area contributed by atoms with Crippen molar-refractivity contribution in [2.24, 2.45) is 0 Å². The monoisotopic (exact) mass is 399 g/mol. The van der Waals surface area contributed by atoms with Gasteiger partial charge < -0.3 is 9.30 Å². The van der Waals surface area contributed by atoms with Crippen molar-refractivity contribution in [1.82, 2.24) is 14.5 Å². The number of aromatic nitrogens is 3. The Morgan fingerprint density at radius 2 is 1.72 bits per heavy atom. The van der Waals surface area contributed by atoms with Gasteiger partial charge in [-0.05, 0) is 43.7 Å². The maximum Gasteiger partial charge on any atom is 0.148 e. The molecule has 0 spiro atoms. The van der Waals surface area contributed by atoms with Gasteiger partial charge in [-0.25, -0.2) is 9.97 Å². The summed E-state index contributed by atoms with van der Waals surface area (Å²) < 4.78 is 9.60. The van der Waals surface area contributed by atoms with Crippen LogP contribution in [0.15, 0.2) is 72.8 Å². The van der Waals surface area contributed by atoms with Crippen LogP contribution >= 0.6 is 11.3 Å². The molecule has 0 radical (unpaired) electrons. The van der Waals surface area contributed by atoms with Gasteiger partial charge in [0.15, 0.2) is 0 Å². The van der Waals surface area contributed by atoms with Crippen molar-refractivity contribution in [2.45, 2.75) is 26.5 Å². The molecule has 2 heterocycles. The van der Waals surface area contributed by atoms with Gasteiger partial charge in [0.05, 0.1) is 32.3 Å². The molecule has 0 amide bonds. The fourth-order valence-corrected chi connectivity index (χ4v) is 4.58. The lowest BCUT2D eigenvalue weighted by molar-refractivity contribution is 0.289. The van der Waals surface area contributed by atoms with E-state index >= 15 is 0 Å². The number of hydrogen-bond acceptors (Lipinski definition) is 4. The molecule has 0 N–H and O–H groups in total. The van der Waals surface area contributed by atoms with Crippen molar-refractivity contribution < 1.29 is 4.74 Å². The third-order valence-electron chi connectivity index (χ3n) is 5.17. The summed E-state index contributed by atoms with van der Waals surface area (Å²) >= 11 is 1.70. The summed E-state index contributed by atoms with van der Waals surface area (Å²) in [7, 11) is 0. The lowest BCUT2D eigenvalue weighted by atomic mass is 10.1. The van der Waals surface area contributed by atoms with Crippen molar-refractivity contribution in [1.29, 1.82) is 0 Å². The normalized spacial score (nSPS) is 12.5. The molecule has 3 aromatic carbocycles. The molecule has 5 aromatic rings. The zero-order chi connectivity index (χ0) is 19.8. The third kappa shape index (κ3) is 3.38. The highest BCUT2D eigenvalue weighted by Crippen LogP contribution is 2.28. The number of benzene rings is 3. The summed E-state index contributed by atoms with van der Waals surface area (Å²) in [5.74, 6) is 1.73. The minimum atomic E-state index is 0.158. The first kappa shape index (κ1) is 17.9. The van der Waals surface area contributed by atoms with Gasteiger partial charge >= 0.3 is 0 Å². The van der Waals surface area contributed by atoms with Gasteiger partial charge in [0.2, 0.25) is 0 Å². The minimum Gasteiger partial charge on any atom is -0.486 e. The SMILES string of the molecule is Cc1nc2cc(OCc3nc4ccccc4n3C(C)c3ccccc3)ccc2s1. The second-order valence-electron chi connectivity index (χ2n) is 7.12. The Balaban J connectivity index is 1.50. The van der Waals surface area contributed by atoms with E-state index in [4.69, 9.17) is 9.72 Å². The van der Waals surface area contributed by atoms with E-state index in [1.165, 1.54) is 10.3 Å². The lowest BCUT2D eigenvalue weighted by Crippen LogP contribution is -2.12. The Morgan fingerprint density at radius 1 is 0.931 bits per heavy atom. The second kappa shape index (κ2) is 7.33. The molecular weight excluding hydrogens is 378 g/mol. The van der Waals surface area contributed by atoms with Crippen molar-refractivity contribution in [2.75, 3.05) is 0 Å². The number of hydrogen-bond donors (Lipinski definition) is 0. The van der Waals surface area contributed by atoms with E-state index in [0.717, 1.165) is 33.1 Å². The van der Waals surface area contributed by atoms with Crippen LogP contribution in [-0.4, -0.2) is 14.5 Å². The van der Waals surface area contributed by atoms with Gasteiger partial charge in [0, 0.05) is 6.07 Å². The Morgan fingerprint density at radius 3 is 2.59 bits per heavy atom. The van der Waals surface area contributed by atoms with E-state index in [2.05, 4.69) is 65.0 Å². The minimum absolute atomic E-state index is 0.158. The highest BCUT2D eigenvalue weighted by atomic mass is 32.1. The van der Waals surface area contributed by atoms with Gasteiger partial charge in [-0.3, -0.25) is 0 Å². The number of aryl methyl sites for hydroxylation is 1. The number of fused-ring (bicyclic) bond motifs is 2. The molecule has 29 heavy (non-hydrogen) atoms. The van der Waals surface area contributed by atoms with E-state index < -0.39 is 0 Å². The number of nitrogens with zero attached hydrogens (tertiary/aromatic N) is 3. The smallest absolute Gasteiger partial charge is 0.148 e. The first-order valence-electron chi connectivity index (χ1n) is 9.70. The molecule has 0 fully saturated rings. The van der Waals surface area contributed by atoms with E-state index in [-0.39, 0.29) is 6.04 Å². The Kier molecular flexibility index (Phi) is 4.52. The Labute approximate surface area is 173 Å². The molecular formula is C24H21N3OS. The molecule has 1 unspecified atom stereocenters. The highest BCUT2D eigenvalue weighted by molar-refractivity contribution is 7.18. The van der Waals surface area contributed by atoms with Crippen molar-refractivity contribution in [3.8, 4) is 5.75 Å². The predicted molar refractivity (Wildman–Crippen MR) is 119 cm³/mol. The summed E-state index contributed by atoms with van der Waals surface area (Å²) in [6.07, 6.45) is 0. The van der Waals surface area contributed by atoms with Crippen LogP contribution in [0.5, 0.6) is 5.75 Å². The predicted octanol–water partition coefficient (Wildman–Crippen LogP) is 6.14. The van der Waals surface area contributed by atoms with Crippen LogP contribution in [0.3, 0.4) is 0 Å². The standard InChI is InChI=1S/C24H21N3OS/c1-16(18-8-4-3-5-9-18)27-22-11-7-6-10-20(22)26-24(27)15-28-19-12-13-23-21(14-19)25-17(2)29-23/h3-14,16H,15H2,1-2H3. The van der Waals surface area contributed by atoms with Gasteiger partial charge in [-0.15, -0.1) is 11.3 Å². The summed E-state index contributed by atoms with van der Waals surface area (Å²) in [6, 6.07) is 25.0.